The highest BCUT2D eigenvalue weighted by Crippen LogP contribution is 2.29. The number of aryl methyl sites for hydroxylation is 2. The largest absolute Gasteiger partial charge is 0.361 e. The molecule has 1 aromatic heterocycles. The third-order valence-electron chi connectivity index (χ3n) is 5.71. The number of H-pyrrole nitrogens is 1. The minimum atomic E-state index is -3.40. The lowest BCUT2D eigenvalue weighted by Crippen LogP contribution is -2.39. The highest BCUT2D eigenvalue weighted by molar-refractivity contribution is 7.89. The summed E-state index contributed by atoms with van der Waals surface area (Å²) in [5.74, 6) is 0.523. The molecular weight excluding hydrogens is 356 g/mol. The summed E-state index contributed by atoms with van der Waals surface area (Å²) in [6.07, 6.45) is 4.91. The van der Waals surface area contributed by atoms with Gasteiger partial charge in [-0.15, -0.1) is 0 Å². The maximum absolute atomic E-state index is 13.0. The summed E-state index contributed by atoms with van der Waals surface area (Å²) in [6, 6.07) is 13.9. The lowest BCUT2D eigenvalue weighted by atomic mass is 9.91. The number of sulfonamides is 1. The topological polar surface area (TPSA) is 53.2 Å². The van der Waals surface area contributed by atoms with Crippen molar-refractivity contribution in [1.82, 2.24) is 9.29 Å². The van der Waals surface area contributed by atoms with Crippen LogP contribution >= 0.6 is 0 Å². The molecule has 0 amide bonds. The zero-order valence-electron chi connectivity index (χ0n) is 15.9. The number of piperidine rings is 1. The molecule has 1 saturated heterocycles. The van der Waals surface area contributed by atoms with Crippen LogP contribution in [0.5, 0.6) is 0 Å². The van der Waals surface area contributed by atoms with Crippen LogP contribution in [0, 0.1) is 19.8 Å². The SMILES string of the molecule is Cc1ccc(S(=O)(=O)N2CCC(Cc3c[nH]c4ccccc34)CC2)c(C)c1. The first-order chi connectivity index (χ1) is 12.9. The fourth-order valence-corrected chi connectivity index (χ4v) is 5.87. The molecule has 1 aliphatic heterocycles. The molecule has 0 spiro atoms. The quantitative estimate of drug-likeness (QED) is 0.726. The Morgan fingerprint density at radius 3 is 2.56 bits per heavy atom. The Hall–Kier alpha value is -2.11. The smallest absolute Gasteiger partial charge is 0.243 e. The van der Waals surface area contributed by atoms with E-state index in [4.69, 9.17) is 0 Å². The Bertz CT molecular complexity index is 1060. The van der Waals surface area contributed by atoms with Crippen molar-refractivity contribution in [3.63, 3.8) is 0 Å². The molecule has 0 radical (unpaired) electrons. The van der Waals surface area contributed by atoms with Gasteiger partial charge in [0.25, 0.3) is 0 Å². The highest BCUT2D eigenvalue weighted by Gasteiger charge is 2.30. The molecule has 4 rings (SSSR count). The first-order valence-corrected chi connectivity index (χ1v) is 11.0. The second-order valence-corrected chi connectivity index (χ2v) is 9.59. The van der Waals surface area contributed by atoms with Gasteiger partial charge in [-0.2, -0.15) is 4.31 Å². The fourth-order valence-electron chi connectivity index (χ4n) is 4.19. The first-order valence-electron chi connectivity index (χ1n) is 9.57. The molecule has 0 atom stereocenters. The summed E-state index contributed by atoms with van der Waals surface area (Å²) in [6.45, 7) is 5.06. The van der Waals surface area contributed by atoms with Crippen LogP contribution in [-0.4, -0.2) is 30.8 Å². The van der Waals surface area contributed by atoms with Crippen LogP contribution in [-0.2, 0) is 16.4 Å². The molecule has 0 aliphatic carbocycles. The molecular formula is C22H26N2O2S. The number of aromatic nitrogens is 1. The van der Waals surface area contributed by atoms with Crippen LogP contribution < -0.4 is 0 Å². The van der Waals surface area contributed by atoms with E-state index < -0.39 is 10.0 Å². The van der Waals surface area contributed by atoms with Gasteiger partial charge in [-0.1, -0.05) is 35.9 Å². The van der Waals surface area contributed by atoms with Crippen molar-refractivity contribution in [2.45, 2.75) is 38.0 Å². The van der Waals surface area contributed by atoms with E-state index in [0.29, 0.717) is 23.9 Å². The van der Waals surface area contributed by atoms with Crippen LogP contribution in [0.25, 0.3) is 10.9 Å². The summed E-state index contributed by atoms with van der Waals surface area (Å²) in [5.41, 5.74) is 4.42. The van der Waals surface area contributed by atoms with Gasteiger partial charge in [-0.25, -0.2) is 8.42 Å². The monoisotopic (exact) mass is 382 g/mol. The van der Waals surface area contributed by atoms with Crippen LogP contribution in [0.2, 0.25) is 0 Å². The number of hydrogen-bond donors (Lipinski definition) is 1. The van der Waals surface area contributed by atoms with Gasteiger partial charge in [0.2, 0.25) is 10.0 Å². The van der Waals surface area contributed by atoms with E-state index >= 15 is 0 Å². The van der Waals surface area contributed by atoms with Gasteiger partial charge in [0, 0.05) is 30.2 Å². The van der Waals surface area contributed by atoms with E-state index in [-0.39, 0.29) is 0 Å². The van der Waals surface area contributed by atoms with Crippen molar-refractivity contribution < 1.29 is 8.42 Å². The fraction of sp³-hybridized carbons (Fsp3) is 0.364. The number of rotatable bonds is 4. The molecule has 142 valence electrons. The minimum Gasteiger partial charge on any atom is -0.361 e. The number of hydrogen-bond acceptors (Lipinski definition) is 2. The molecule has 4 nitrogen and oxygen atoms in total. The Kier molecular flexibility index (Phi) is 4.82. The molecule has 1 N–H and O–H groups in total. The maximum Gasteiger partial charge on any atom is 0.243 e. The van der Waals surface area contributed by atoms with Crippen molar-refractivity contribution in [1.29, 1.82) is 0 Å². The second kappa shape index (κ2) is 7.13. The average Bonchev–Trinajstić information content (AvgIpc) is 3.05. The van der Waals surface area contributed by atoms with Crippen molar-refractivity contribution in [2.75, 3.05) is 13.1 Å². The lowest BCUT2D eigenvalue weighted by Gasteiger charge is -2.31. The number of fused-ring (bicyclic) bond motifs is 1. The van der Waals surface area contributed by atoms with E-state index in [1.165, 1.54) is 16.5 Å². The van der Waals surface area contributed by atoms with E-state index in [2.05, 4.69) is 29.4 Å². The standard InChI is InChI=1S/C22H26N2O2S/c1-16-7-8-22(17(2)13-16)27(25,26)24-11-9-18(10-12-24)14-19-15-23-21-6-4-3-5-20(19)21/h3-8,13,15,18,23H,9-12,14H2,1-2H3. The molecule has 27 heavy (non-hydrogen) atoms. The van der Waals surface area contributed by atoms with E-state index in [9.17, 15) is 8.42 Å². The van der Waals surface area contributed by atoms with E-state index in [1.807, 2.05) is 32.0 Å². The zero-order chi connectivity index (χ0) is 19.0. The molecule has 5 heteroatoms. The van der Waals surface area contributed by atoms with E-state index in [0.717, 1.165) is 30.4 Å². The van der Waals surface area contributed by atoms with E-state index in [1.54, 1.807) is 10.4 Å². The summed E-state index contributed by atoms with van der Waals surface area (Å²) < 4.78 is 27.7. The van der Waals surface area contributed by atoms with Gasteiger partial charge < -0.3 is 4.98 Å². The predicted molar refractivity (Wildman–Crippen MR) is 109 cm³/mol. The van der Waals surface area contributed by atoms with Gasteiger partial charge in [-0.05, 0) is 62.3 Å². The third-order valence-corrected chi connectivity index (χ3v) is 7.76. The van der Waals surface area contributed by atoms with Gasteiger partial charge in [-0.3, -0.25) is 0 Å². The number of aromatic amines is 1. The number of nitrogens with one attached hydrogen (secondary N) is 1. The number of para-hydroxylation sites is 1. The Labute approximate surface area is 161 Å². The summed E-state index contributed by atoms with van der Waals surface area (Å²) in [7, 11) is -3.40. The molecule has 1 fully saturated rings. The Morgan fingerprint density at radius 1 is 1.07 bits per heavy atom. The van der Waals surface area contributed by atoms with Crippen LogP contribution in [0.1, 0.15) is 29.5 Å². The summed E-state index contributed by atoms with van der Waals surface area (Å²) in [5, 5.41) is 1.28. The van der Waals surface area contributed by atoms with Crippen LogP contribution in [0.15, 0.2) is 53.6 Å². The molecule has 2 aromatic carbocycles. The van der Waals surface area contributed by atoms with Crippen LogP contribution in [0.3, 0.4) is 0 Å². The third kappa shape index (κ3) is 3.54. The van der Waals surface area contributed by atoms with Gasteiger partial charge in [0.1, 0.15) is 0 Å². The molecule has 0 bridgehead atoms. The Morgan fingerprint density at radius 2 is 1.81 bits per heavy atom. The second-order valence-electron chi connectivity index (χ2n) is 7.68. The van der Waals surface area contributed by atoms with Gasteiger partial charge >= 0.3 is 0 Å². The van der Waals surface area contributed by atoms with Gasteiger partial charge in [0.15, 0.2) is 0 Å². The minimum absolute atomic E-state index is 0.447. The average molecular weight is 383 g/mol. The van der Waals surface area contributed by atoms with Crippen molar-refractivity contribution >= 4 is 20.9 Å². The van der Waals surface area contributed by atoms with Crippen molar-refractivity contribution in [2.24, 2.45) is 5.92 Å². The molecule has 0 saturated carbocycles. The van der Waals surface area contributed by atoms with Crippen LogP contribution in [0.4, 0.5) is 0 Å². The highest BCUT2D eigenvalue weighted by atomic mass is 32.2. The maximum atomic E-state index is 13.0. The van der Waals surface area contributed by atoms with Crippen molar-refractivity contribution in [3.05, 3.63) is 65.4 Å². The predicted octanol–water partition coefficient (Wildman–Crippen LogP) is 4.43. The molecule has 0 unspecified atom stereocenters. The summed E-state index contributed by atoms with van der Waals surface area (Å²) in [4.78, 5) is 3.78. The first kappa shape index (κ1) is 18.3. The zero-order valence-corrected chi connectivity index (χ0v) is 16.7. The number of nitrogens with zero attached hydrogens (tertiary/aromatic N) is 1. The van der Waals surface area contributed by atoms with Gasteiger partial charge in [0.05, 0.1) is 4.90 Å². The molecule has 2 heterocycles. The lowest BCUT2D eigenvalue weighted by molar-refractivity contribution is 0.273. The molecule has 1 aliphatic rings. The number of benzene rings is 2. The molecule has 3 aromatic rings. The Balaban J connectivity index is 1.45. The van der Waals surface area contributed by atoms with Crippen molar-refractivity contribution in [3.8, 4) is 0 Å². The normalized spacial score (nSPS) is 16.8. The summed E-state index contributed by atoms with van der Waals surface area (Å²) >= 11 is 0.